The van der Waals surface area contributed by atoms with Gasteiger partial charge in [0.1, 0.15) is 11.5 Å². The van der Waals surface area contributed by atoms with Crippen molar-refractivity contribution in [1.29, 1.82) is 0 Å². The van der Waals surface area contributed by atoms with E-state index in [-0.39, 0.29) is 12.0 Å². The first-order valence-corrected chi connectivity index (χ1v) is 7.49. The lowest BCUT2D eigenvalue weighted by Crippen LogP contribution is -2.07. The Morgan fingerprint density at radius 3 is 2.57 bits per heavy atom. The molecule has 0 aliphatic rings. The minimum Gasteiger partial charge on any atom is -0.383 e. The van der Waals surface area contributed by atoms with E-state index in [1.165, 1.54) is 0 Å². The van der Waals surface area contributed by atoms with Crippen LogP contribution >= 0.6 is 0 Å². The second kappa shape index (κ2) is 6.04. The van der Waals surface area contributed by atoms with Gasteiger partial charge in [-0.1, -0.05) is 42.5 Å². The van der Waals surface area contributed by atoms with Crippen molar-refractivity contribution < 1.29 is 0 Å². The average Bonchev–Trinajstić information content (AvgIpc) is 3.03. The molecule has 4 N–H and O–H groups in total. The lowest BCUT2D eigenvalue weighted by molar-refractivity contribution is 0.543. The number of anilines is 2. The van der Waals surface area contributed by atoms with Crippen molar-refractivity contribution in [1.82, 2.24) is 25.0 Å². The SMILES string of the molecule is CCc1nc(N)nc(N)c1-c1cn(C(C)c2ccccc2)nn1. The van der Waals surface area contributed by atoms with Crippen molar-refractivity contribution in [3.05, 3.63) is 47.8 Å². The number of nitrogens with two attached hydrogens (primary N) is 2. The zero-order valence-corrected chi connectivity index (χ0v) is 13.1. The Morgan fingerprint density at radius 2 is 1.87 bits per heavy atom. The molecule has 3 aromatic rings. The summed E-state index contributed by atoms with van der Waals surface area (Å²) in [5.41, 5.74) is 15.0. The highest BCUT2D eigenvalue weighted by Gasteiger charge is 2.17. The summed E-state index contributed by atoms with van der Waals surface area (Å²) >= 11 is 0. The van der Waals surface area contributed by atoms with Gasteiger partial charge < -0.3 is 11.5 Å². The molecule has 0 fully saturated rings. The van der Waals surface area contributed by atoms with Crippen molar-refractivity contribution in [2.45, 2.75) is 26.3 Å². The predicted molar refractivity (Wildman–Crippen MR) is 89.5 cm³/mol. The predicted octanol–water partition coefficient (Wildman–Crippen LogP) is 2.07. The van der Waals surface area contributed by atoms with E-state index in [9.17, 15) is 0 Å². The van der Waals surface area contributed by atoms with Crippen LogP contribution in [0.25, 0.3) is 11.3 Å². The van der Waals surface area contributed by atoms with Gasteiger partial charge in [-0.15, -0.1) is 5.10 Å². The fourth-order valence-corrected chi connectivity index (χ4v) is 2.55. The van der Waals surface area contributed by atoms with Gasteiger partial charge in [-0.05, 0) is 18.9 Å². The van der Waals surface area contributed by atoms with Crippen LogP contribution in [-0.2, 0) is 6.42 Å². The fourth-order valence-electron chi connectivity index (χ4n) is 2.55. The summed E-state index contributed by atoms with van der Waals surface area (Å²) in [6.45, 7) is 4.05. The van der Waals surface area contributed by atoms with Gasteiger partial charge in [-0.25, -0.2) is 9.67 Å². The van der Waals surface area contributed by atoms with E-state index in [1.807, 2.05) is 31.3 Å². The molecule has 2 aromatic heterocycles. The molecule has 0 amide bonds. The molecule has 0 aliphatic carbocycles. The van der Waals surface area contributed by atoms with Crippen LogP contribution in [0.15, 0.2) is 36.5 Å². The molecule has 2 heterocycles. The number of hydrogen-bond donors (Lipinski definition) is 2. The van der Waals surface area contributed by atoms with Gasteiger partial charge in [0, 0.05) is 0 Å². The molecule has 0 bridgehead atoms. The first-order chi connectivity index (χ1) is 11.1. The topological polar surface area (TPSA) is 109 Å². The molecule has 0 saturated heterocycles. The Labute approximate surface area is 134 Å². The highest BCUT2D eigenvalue weighted by atomic mass is 15.4. The molecule has 23 heavy (non-hydrogen) atoms. The maximum absolute atomic E-state index is 6.02. The summed E-state index contributed by atoms with van der Waals surface area (Å²) in [5, 5.41) is 8.48. The summed E-state index contributed by atoms with van der Waals surface area (Å²) < 4.78 is 1.81. The number of aromatic nitrogens is 5. The smallest absolute Gasteiger partial charge is 0.222 e. The van der Waals surface area contributed by atoms with Crippen LogP contribution in [0.5, 0.6) is 0 Å². The molecule has 118 valence electrons. The van der Waals surface area contributed by atoms with Crippen LogP contribution in [0.4, 0.5) is 11.8 Å². The van der Waals surface area contributed by atoms with E-state index in [4.69, 9.17) is 11.5 Å². The van der Waals surface area contributed by atoms with Crippen molar-refractivity contribution in [3.63, 3.8) is 0 Å². The second-order valence-corrected chi connectivity index (χ2v) is 5.31. The minimum atomic E-state index is 0.0680. The van der Waals surface area contributed by atoms with Gasteiger partial charge in [-0.3, -0.25) is 0 Å². The van der Waals surface area contributed by atoms with E-state index in [0.29, 0.717) is 23.5 Å². The van der Waals surface area contributed by atoms with Gasteiger partial charge >= 0.3 is 0 Å². The zero-order chi connectivity index (χ0) is 16.4. The summed E-state index contributed by atoms with van der Waals surface area (Å²) in [5.74, 6) is 0.502. The molecular formula is C16H19N7. The lowest BCUT2D eigenvalue weighted by Gasteiger charge is -2.11. The van der Waals surface area contributed by atoms with Crippen LogP contribution < -0.4 is 11.5 Å². The third-order valence-electron chi connectivity index (χ3n) is 3.81. The third-order valence-corrected chi connectivity index (χ3v) is 3.81. The number of hydrogen-bond acceptors (Lipinski definition) is 6. The van der Waals surface area contributed by atoms with Crippen molar-refractivity contribution >= 4 is 11.8 Å². The molecule has 0 saturated carbocycles. The molecule has 1 atom stereocenters. The number of benzene rings is 1. The number of nitrogens with zero attached hydrogens (tertiary/aromatic N) is 5. The molecule has 7 nitrogen and oxygen atoms in total. The van der Waals surface area contributed by atoms with Crippen LogP contribution in [0, 0.1) is 0 Å². The molecule has 1 aromatic carbocycles. The summed E-state index contributed by atoms with van der Waals surface area (Å²) in [4.78, 5) is 8.29. The molecular weight excluding hydrogens is 290 g/mol. The Morgan fingerprint density at radius 1 is 1.13 bits per heavy atom. The molecule has 1 unspecified atom stereocenters. The lowest BCUT2D eigenvalue weighted by atomic mass is 10.1. The maximum Gasteiger partial charge on any atom is 0.222 e. The van der Waals surface area contributed by atoms with Gasteiger partial charge in [0.05, 0.1) is 23.5 Å². The van der Waals surface area contributed by atoms with Crippen molar-refractivity contribution in [3.8, 4) is 11.3 Å². The quantitative estimate of drug-likeness (QED) is 0.763. The van der Waals surface area contributed by atoms with E-state index < -0.39 is 0 Å². The zero-order valence-electron chi connectivity index (χ0n) is 13.1. The minimum absolute atomic E-state index is 0.0680. The first kappa shape index (κ1) is 15.0. The van der Waals surface area contributed by atoms with Gasteiger partial charge in [0.25, 0.3) is 0 Å². The Balaban J connectivity index is 2.00. The monoisotopic (exact) mass is 309 g/mol. The van der Waals surface area contributed by atoms with Gasteiger partial charge in [-0.2, -0.15) is 4.98 Å². The van der Waals surface area contributed by atoms with Crippen LogP contribution in [-0.4, -0.2) is 25.0 Å². The Kier molecular flexibility index (Phi) is 3.92. The molecule has 0 radical (unpaired) electrons. The number of nitrogen functional groups attached to an aromatic ring is 2. The molecule has 0 aliphatic heterocycles. The summed E-state index contributed by atoms with van der Waals surface area (Å²) in [6, 6.07) is 10.2. The molecule has 3 rings (SSSR count). The first-order valence-electron chi connectivity index (χ1n) is 7.49. The van der Waals surface area contributed by atoms with Crippen LogP contribution in [0.3, 0.4) is 0 Å². The van der Waals surface area contributed by atoms with Gasteiger partial charge in [0.2, 0.25) is 5.95 Å². The van der Waals surface area contributed by atoms with E-state index in [1.54, 1.807) is 4.68 Å². The maximum atomic E-state index is 6.02. The molecule has 7 heteroatoms. The molecule has 0 spiro atoms. The van der Waals surface area contributed by atoms with Gasteiger partial charge in [0.15, 0.2) is 0 Å². The average molecular weight is 309 g/mol. The Bertz CT molecular complexity index is 811. The van der Waals surface area contributed by atoms with Crippen LogP contribution in [0.2, 0.25) is 0 Å². The normalized spacial score (nSPS) is 12.3. The van der Waals surface area contributed by atoms with Crippen LogP contribution in [0.1, 0.15) is 31.1 Å². The highest BCUT2D eigenvalue weighted by molar-refractivity contribution is 5.73. The Hall–Kier alpha value is -2.96. The summed E-state index contributed by atoms with van der Waals surface area (Å²) in [6.07, 6.45) is 2.55. The van der Waals surface area contributed by atoms with E-state index in [0.717, 1.165) is 11.3 Å². The number of aryl methyl sites for hydroxylation is 1. The standard InChI is InChI=1S/C16H19N7/c1-3-12-14(15(17)20-16(18)19-12)13-9-23(22-21-13)10(2)11-7-5-4-6-8-11/h4-10H,3H2,1-2H3,(H4,17,18,19,20). The summed E-state index contributed by atoms with van der Waals surface area (Å²) in [7, 11) is 0. The van der Waals surface area contributed by atoms with E-state index >= 15 is 0 Å². The highest BCUT2D eigenvalue weighted by Crippen LogP contribution is 2.28. The van der Waals surface area contributed by atoms with E-state index in [2.05, 4.69) is 39.3 Å². The second-order valence-electron chi connectivity index (χ2n) is 5.31. The largest absolute Gasteiger partial charge is 0.383 e. The fraction of sp³-hybridized carbons (Fsp3) is 0.250. The van der Waals surface area contributed by atoms with Crippen molar-refractivity contribution in [2.24, 2.45) is 0 Å². The third kappa shape index (κ3) is 2.85. The number of rotatable bonds is 4. The van der Waals surface area contributed by atoms with Crippen molar-refractivity contribution in [2.75, 3.05) is 11.5 Å².